The van der Waals surface area contributed by atoms with Crippen LogP contribution >= 0.6 is 11.8 Å². The van der Waals surface area contributed by atoms with Crippen molar-refractivity contribution in [3.05, 3.63) is 70.0 Å². The van der Waals surface area contributed by atoms with Crippen molar-refractivity contribution in [2.45, 2.75) is 44.1 Å². The lowest BCUT2D eigenvalue weighted by Crippen LogP contribution is -2.29. The lowest BCUT2D eigenvalue weighted by Gasteiger charge is -2.15. The fraction of sp³-hybridized carbons (Fsp3) is 0.320. The van der Waals surface area contributed by atoms with Gasteiger partial charge in [-0.2, -0.15) is 0 Å². The van der Waals surface area contributed by atoms with Gasteiger partial charge in [-0.05, 0) is 37.5 Å². The van der Waals surface area contributed by atoms with E-state index in [4.69, 9.17) is 14.1 Å². The van der Waals surface area contributed by atoms with E-state index in [9.17, 15) is 9.59 Å². The summed E-state index contributed by atoms with van der Waals surface area (Å²) in [5.74, 6) is 0.0427. The van der Waals surface area contributed by atoms with Gasteiger partial charge in [0, 0.05) is 18.5 Å². The van der Waals surface area contributed by atoms with E-state index in [1.54, 1.807) is 4.57 Å². The first-order valence-electron chi connectivity index (χ1n) is 11.1. The number of furan rings is 1. The maximum Gasteiger partial charge on any atom is 0.297 e. The molecule has 2 aromatic carbocycles. The van der Waals surface area contributed by atoms with Crippen molar-refractivity contribution in [2.24, 2.45) is 0 Å². The third kappa shape index (κ3) is 4.67. The molecule has 8 heteroatoms. The van der Waals surface area contributed by atoms with Gasteiger partial charge in [-0.1, -0.05) is 53.7 Å². The molecule has 1 N–H and O–H groups in total. The second-order valence-electron chi connectivity index (χ2n) is 8.27. The number of nitrogens with one attached hydrogen (secondary N) is 1. The topological polar surface area (TPSA) is 86.4 Å². The number of amides is 1. The average molecular weight is 464 g/mol. The maximum absolute atomic E-state index is 13.3. The maximum atomic E-state index is 13.3. The van der Waals surface area contributed by atoms with Crippen LogP contribution < -0.4 is 10.9 Å². The summed E-state index contributed by atoms with van der Waals surface area (Å²) in [7, 11) is 0. The van der Waals surface area contributed by atoms with Crippen LogP contribution in [0.3, 0.4) is 0 Å². The number of benzene rings is 2. The largest absolute Gasteiger partial charge is 0.448 e. The molecule has 0 radical (unpaired) electrons. The number of hydrogen-bond donors (Lipinski definition) is 1. The lowest BCUT2D eigenvalue weighted by molar-refractivity contribution is -0.118. The number of rotatable bonds is 7. The molecule has 4 aromatic rings. The summed E-state index contributed by atoms with van der Waals surface area (Å²) in [5.41, 5.74) is 3.37. The van der Waals surface area contributed by atoms with Crippen LogP contribution in [0, 0.1) is 6.92 Å². The number of ether oxygens (including phenoxy) is 1. The molecular weight excluding hydrogens is 438 g/mol. The van der Waals surface area contributed by atoms with Crippen molar-refractivity contribution >= 4 is 39.7 Å². The predicted molar refractivity (Wildman–Crippen MR) is 128 cm³/mol. The highest BCUT2D eigenvalue weighted by molar-refractivity contribution is 7.99. The highest BCUT2D eigenvalue weighted by atomic mass is 32.2. The zero-order valence-electron chi connectivity index (χ0n) is 18.4. The van der Waals surface area contributed by atoms with E-state index in [-0.39, 0.29) is 28.9 Å². The molecule has 1 unspecified atom stereocenters. The molecule has 0 spiro atoms. The molecule has 1 aliphatic heterocycles. The van der Waals surface area contributed by atoms with Crippen molar-refractivity contribution in [2.75, 3.05) is 12.4 Å². The second-order valence-corrected chi connectivity index (χ2v) is 9.21. The SMILES string of the molecule is Cc1ccc(CNC(=O)CSc2nc3c(oc4ccccc43)c(=O)n2CC2CCCO2)cc1. The highest BCUT2D eigenvalue weighted by Crippen LogP contribution is 2.28. The Morgan fingerprint density at radius 2 is 2.03 bits per heavy atom. The van der Waals surface area contributed by atoms with E-state index in [0.29, 0.717) is 36.0 Å². The number of hydrogen-bond acceptors (Lipinski definition) is 6. The summed E-state index contributed by atoms with van der Waals surface area (Å²) in [5, 5.41) is 4.23. The molecule has 1 amide bonds. The molecule has 5 rings (SSSR count). The van der Waals surface area contributed by atoms with Crippen LogP contribution in [-0.2, 0) is 22.6 Å². The minimum Gasteiger partial charge on any atom is -0.448 e. The van der Waals surface area contributed by atoms with Crippen molar-refractivity contribution in [1.82, 2.24) is 14.9 Å². The number of nitrogens with zero attached hydrogens (tertiary/aromatic N) is 2. The Bertz CT molecular complexity index is 1350. The monoisotopic (exact) mass is 463 g/mol. The van der Waals surface area contributed by atoms with Gasteiger partial charge in [-0.15, -0.1) is 0 Å². The van der Waals surface area contributed by atoms with E-state index in [0.717, 1.165) is 23.8 Å². The zero-order chi connectivity index (χ0) is 22.8. The fourth-order valence-electron chi connectivity index (χ4n) is 4.00. The number of para-hydroxylation sites is 1. The van der Waals surface area contributed by atoms with Crippen molar-refractivity contribution in [3.8, 4) is 0 Å². The Morgan fingerprint density at radius 1 is 1.21 bits per heavy atom. The number of carbonyl (C=O) groups is 1. The number of fused-ring (bicyclic) bond motifs is 3. The van der Waals surface area contributed by atoms with Gasteiger partial charge >= 0.3 is 0 Å². The number of aromatic nitrogens is 2. The molecule has 1 saturated heterocycles. The standard InChI is InChI=1S/C25H25N3O4S/c1-16-8-10-17(11-9-16)13-26-21(29)15-33-25-27-22-19-6-2-3-7-20(19)32-23(22)24(30)28(25)14-18-5-4-12-31-18/h2-3,6-11,18H,4-5,12-15H2,1H3,(H,26,29). The molecule has 1 atom stereocenters. The molecule has 33 heavy (non-hydrogen) atoms. The van der Waals surface area contributed by atoms with Gasteiger partial charge in [-0.25, -0.2) is 4.98 Å². The Kier molecular flexibility index (Phi) is 6.20. The molecule has 0 aliphatic carbocycles. The van der Waals surface area contributed by atoms with Crippen LogP contribution in [0.2, 0.25) is 0 Å². The summed E-state index contributed by atoms with van der Waals surface area (Å²) >= 11 is 1.26. The van der Waals surface area contributed by atoms with Gasteiger partial charge in [0.1, 0.15) is 11.1 Å². The molecule has 0 saturated carbocycles. The minimum atomic E-state index is -0.241. The van der Waals surface area contributed by atoms with Gasteiger partial charge in [0.2, 0.25) is 11.5 Å². The number of thioether (sulfide) groups is 1. The third-order valence-corrected chi connectivity index (χ3v) is 6.78. The lowest BCUT2D eigenvalue weighted by atomic mass is 10.1. The first-order chi connectivity index (χ1) is 16.1. The van der Waals surface area contributed by atoms with Gasteiger partial charge in [0.25, 0.3) is 5.56 Å². The molecule has 2 aromatic heterocycles. The van der Waals surface area contributed by atoms with Gasteiger partial charge in [0.05, 0.1) is 18.4 Å². The molecule has 7 nitrogen and oxygen atoms in total. The smallest absolute Gasteiger partial charge is 0.297 e. The van der Waals surface area contributed by atoms with E-state index in [1.165, 1.54) is 17.3 Å². The first-order valence-corrected chi connectivity index (χ1v) is 12.1. The van der Waals surface area contributed by atoms with Crippen LogP contribution in [-0.4, -0.2) is 33.9 Å². The van der Waals surface area contributed by atoms with Gasteiger partial charge < -0.3 is 14.5 Å². The normalized spacial score (nSPS) is 16.0. The fourth-order valence-corrected chi connectivity index (χ4v) is 4.84. The van der Waals surface area contributed by atoms with E-state index in [2.05, 4.69) is 5.32 Å². The van der Waals surface area contributed by atoms with Crippen LogP contribution in [0.15, 0.2) is 62.9 Å². The van der Waals surface area contributed by atoms with Crippen molar-refractivity contribution < 1.29 is 13.9 Å². The Morgan fingerprint density at radius 3 is 2.82 bits per heavy atom. The van der Waals surface area contributed by atoms with Crippen LogP contribution in [0.1, 0.15) is 24.0 Å². The molecule has 1 fully saturated rings. The van der Waals surface area contributed by atoms with Gasteiger partial charge in [0.15, 0.2) is 5.16 Å². The molecule has 0 bridgehead atoms. The number of aryl methyl sites for hydroxylation is 1. The van der Waals surface area contributed by atoms with E-state index >= 15 is 0 Å². The van der Waals surface area contributed by atoms with Crippen LogP contribution in [0.4, 0.5) is 0 Å². The quantitative estimate of drug-likeness (QED) is 0.329. The Balaban J connectivity index is 1.39. The first kappa shape index (κ1) is 21.7. The van der Waals surface area contributed by atoms with Gasteiger partial charge in [-0.3, -0.25) is 14.2 Å². The predicted octanol–water partition coefficient (Wildman–Crippen LogP) is 4.04. The van der Waals surface area contributed by atoms with E-state index < -0.39 is 0 Å². The summed E-state index contributed by atoms with van der Waals surface area (Å²) in [6.45, 7) is 3.58. The van der Waals surface area contributed by atoms with E-state index in [1.807, 2.05) is 55.5 Å². The van der Waals surface area contributed by atoms with Crippen molar-refractivity contribution in [3.63, 3.8) is 0 Å². The van der Waals surface area contributed by atoms with Crippen LogP contribution in [0.25, 0.3) is 22.1 Å². The Hall–Kier alpha value is -3.10. The molecule has 1 aliphatic rings. The molecular formula is C25H25N3O4S. The summed E-state index contributed by atoms with van der Waals surface area (Å²) in [6.07, 6.45) is 1.83. The third-order valence-electron chi connectivity index (χ3n) is 5.80. The number of carbonyl (C=O) groups excluding carboxylic acids is 1. The second kappa shape index (κ2) is 9.41. The minimum absolute atomic E-state index is 0.0407. The summed E-state index contributed by atoms with van der Waals surface area (Å²) in [6, 6.07) is 15.5. The summed E-state index contributed by atoms with van der Waals surface area (Å²) < 4.78 is 13.2. The van der Waals surface area contributed by atoms with Crippen molar-refractivity contribution in [1.29, 1.82) is 0 Å². The van der Waals surface area contributed by atoms with Crippen LogP contribution in [0.5, 0.6) is 0 Å². The zero-order valence-corrected chi connectivity index (χ0v) is 19.2. The molecule has 3 heterocycles. The summed E-state index contributed by atoms with van der Waals surface area (Å²) in [4.78, 5) is 30.6. The Labute approximate surface area is 195 Å². The average Bonchev–Trinajstić information content (AvgIpc) is 3.47. The highest BCUT2D eigenvalue weighted by Gasteiger charge is 2.23. The molecule has 170 valence electrons.